The molecule has 19 heavy (non-hydrogen) atoms. The molecule has 0 aliphatic heterocycles. The summed E-state index contributed by atoms with van der Waals surface area (Å²) in [7, 11) is 1.67. The van der Waals surface area contributed by atoms with E-state index in [9.17, 15) is 8.78 Å². The van der Waals surface area contributed by atoms with E-state index in [4.69, 9.17) is 4.74 Å². The highest BCUT2D eigenvalue weighted by Crippen LogP contribution is 2.12. The van der Waals surface area contributed by atoms with Gasteiger partial charge in [-0.25, -0.2) is 8.78 Å². The van der Waals surface area contributed by atoms with E-state index in [-0.39, 0.29) is 0 Å². The highest BCUT2D eigenvalue weighted by atomic mass is 19.2. The second kappa shape index (κ2) is 8.77. The minimum absolute atomic E-state index is 0.648. The molecule has 0 bridgehead atoms. The summed E-state index contributed by atoms with van der Waals surface area (Å²) in [5.74, 6) is -1.58. The first-order valence-corrected chi connectivity index (χ1v) is 6.42. The SMILES string of the molecule is COCCNCC/C=C(/C)Cc1ccc(F)c(F)c1. The molecule has 0 aliphatic rings. The Bertz CT molecular complexity index is 419. The maximum atomic E-state index is 13.0. The van der Waals surface area contributed by atoms with Gasteiger partial charge in [-0.1, -0.05) is 17.7 Å². The lowest BCUT2D eigenvalue weighted by atomic mass is 10.1. The topological polar surface area (TPSA) is 21.3 Å². The van der Waals surface area contributed by atoms with Crippen LogP contribution in [0.1, 0.15) is 18.9 Å². The molecule has 1 aromatic carbocycles. The van der Waals surface area contributed by atoms with E-state index in [0.29, 0.717) is 13.0 Å². The molecule has 2 nitrogen and oxygen atoms in total. The van der Waals surface area contributed by atoms with Gasteiger partial charge < -0.3 is 10.1 Å². The van der Waals surface area contributed by atoms with Crippen LogP contribution in [0.25, 0.3) is 0 Å². The molecule has 0 atom stereocenters. The average molecular weight is 269 g/mol. The predicted molar refractivity (Wildman–Crippen MR) is 73.2 cm³/mol. The van der Waals surface area contributed by atoms with Crippen molar-refractivity contribution in [3.05, 3.63) is 47.0 Å². The lowest BCUT2D eigenvalue weighted by Gasteiger charge is -2.04. The number of benzene rings is 1. The Labute approximate surface area is 113 Å². The van der Waals surface area contributed by atoms with Crippen molar-refractivity contribution in [2.45, 2.75) is 19.8 Å². The van der Waals surface area contributed by atoms with Crippen LogP contribution in [0, 0.1) is 11.6 Å². The van der Waals surface area contributed by atoms with Gasteiger partial charge in [0.05, 0.1) is 6.61 Å². The van der Waals surface area contributed by atoms with E-state index in [0.717, 1.165) is 30.6 Å². The molecule has 4 heteroatoms. The number of methoxy groups -OCH3 is 1. The number of nitrogens with one attached hydrogen (secondary N) is 1. The van der Waals surface area contributed by atoms with Gasteiger partial charge in [-0.15, -0.1) is 0 Å². The van der Waals surface area contributed by atoms with Crippen molar-refractivity contribution in [1.29, 1.82) is 0 Å². The van der Waals surface area contributed by atoms with E-state index < -0.39 is 11.6 Å². The molecule has 106 valence electrons. The standard InChI is InChI=1S/C15H21F2NO/c1-12(4-3-7-18-8-9-19-2)10-13-5-6-14(16)15(17)11-13/h4-6,11,18H,3,7-10H2,1-2H3/b12-4-. The van der Waals surface area contributed by atoms with Gasteiger partial charge in [-0.3, -0.25) is 0 Å². The Hall–Kier alpha value is -1.26. The highest BCUT2D eigenvalue weighted by Gasteiger charge is 2.02. The monoisotopic (exact) mass is 269 g/mol. The predicted octanol–water partition coefficient (Wildman–Crippen LogP) is 3.08. The molecule has 0 unspecified atom stereocenters. The zero-order valence-corrected chi connectivity index (χ0v) is 11.5. The quantitative estimate of drug-likeness (QED) is 0.578. The van der Waals surface area contributed by atoms with Crippen LogP contribution >= 0.6 is 0 Å². The molecule has 0 heterocycles. The average Bonchev–Trinajstić information content (AvgIpc) is 2.38. The second-order valence-corrected chi connectivity index (χ2v) is 4.51. The third kappa shape index (κ3) is 6.45. The molecule has 0 radical (unpaired) electrons. The Morgan fingerprint density at radius 3 is 2.74 bits per heavy atom. The van der Waals surface area contributed by atoms with Gasteiger partial charge in [0.2, 0.25) is 0 Å². The van der Waals surface area contributed by atoms with Crippen molar-refractivity contribution in [2.75, 3.05) is 26.8 Å². The lowest BCUT2D eigenvalue weighted by molar-refractivity contribution is 0.199. The van der Waals surface area contributed by atoms with Gasteiger partial charge in [-0.2, -0.15) is 0 Å². The molecule has 0 saturated carbocycles. The molecule has 1 rings (SSSR count). The third-order valence-electron chi connectivity index (χ3n) is 2.76. The number of rotatable bonds is 8. The van der Waals surface area contributed by atoms with E-state index in [2.05, 4.69) is 11.4 Å². The van der Waals surface area contributed by atoms with Gasteiger partial charge >= 0.3 is 0 Å². The summed E-state index contributed by atoms with van der Waals surface area (Å²) in [6.07, 6.45) is 3.68. The lowest BCUT2D eigenvalue weighted by Crippen LogP contribution is -2.19. The molecule has 0 saturated heterocycles. The molecular formula is C15H21F2NO. The molecule has 0 aliphatic carbocycles. The van der Waals surface area contributed by atoms with Crippen molar-refractivity contribution in [2.24, 2.45) is 0 Å². The fourth-order valence-corrected chi connectivity index (χ4v) is 1.76. The van der Waals surface area contributed by atoms with E-state index in [1.165, 1.54) is 12.1 Å². The fraction of sp³-hybridized carbons (Fsp3) is 0.467. The molecule has 1 aromatic rings. The zero-order chi connectivity index (χ0) is 14.1. The maximum absolute atomic E-state index is 13.0. The normalized spacial score (nSPS) is 11.9. The summed E-state index contributed by atoms with van der Waals surface area (Å²) in [5.41, 5.74) is 1.94. The number of hydrogen-bond donors (Lipinski definition) is 1. The summed E-state index contributed by atoms with van der Waals surface area (Å²) in [4.78, 5) is 0. The van der Waals surface area contributed by atoms with Crippen LogP contribution in [0.3, 0.4) is 0 Å². The Morgan fingerprint density at radius 1 is 1.26 bits per heavy atom. The first kappa shape index (κ1) is 15.8. The molecule has 0 amide bonds. The van der Waals surface area contributed by atoms with Crippen molar-refractivity contribution in [1.82, 2.24) is 5.32 Å². The highest BCUT2D eigenvalue weighted by molar-refractivity contribution is 5.22. The molecule has 1 N–H and O–H groups in total. The molecule has 0 spiro atoms. The molecular weight excluding hydrogens is 248 g/mol. The van der Waals surface area contributed by atoms with Crippen molar-refractivity contribution >= 4 is 0 Å². The van der Waals surface area contributed by atoms with Crippen LogP contribution in [0.4, 0.5) is 8.78 Å². The third-order valence-corrected chi connectivity index (χ3v) is 2.76. The first-order valence-electron chi connectivity index (χ1n) is 6.42. The summed E-state index contributed by atoms with van der Waals surface area (Å²) in [5, 5.41) is 3.24. The van der Waals surface area contributed by atoms with Crippen LogP contribution in [0.2, 0.25) is 0 Å². The van der Waals surface area contributed by atoms with Gasteiger partial charge in [0.25, 0.3) is 0 Å². The molecule has 0 fully saturated rings. The largest absolute Gasteiger partial charge is 0.383 e. The number of halogens is 2. The van der Waals surface area contributed by atoms with Gasteiger partial charge in [-0.05, 0) is 44.0 Å². The number of hydrogen-bond acceptors (Lipinski definition) is 2. The van der Waals surface area contributed by atoms with Crippen LogP contribution in [-0.4, -0.2) is 26.8 Å². The minimum atomic E-state index is -0.798. The van der Waals surface area contributed by atoms with E-state index in [1.807, 2.05) is 6.92 Å². The van der Waals surface area contributed by atoms with E-state index in [1.54, 1.807) is 13.2 Å². The number of allylic oxidation sites excluding steroid dienone is 1. The Kier molecular flexibility index (Phi) is 7.30. The fourth-order valence-electron chi connectivity index (χ4n) is 1.76. The van der Waals surface area contributed by atoms with Crippen LogP contribution in [0.15, 0.2) is 29.8 Å². The van der Waals surface area contributed by atoms with Gasteiger partial charge in [0.15, 0.2) is 11.6 Å². The number of ether oxygens (including phenoxy) is 1. The van der Waals surface area contributed by atoms with Gasteiger partial charge in [0, 0.05) is 13.7 Å². The Morgan fingerprint density at radius 2 is 2.05 bits per heavy atom. The van der Waals surface area contributed by atoms with Crippen molar-refractivity contribution in [3.63, 3.8) is 0 Å². The summed E-state index contributed by atoms with van der Waals surface area (Å²) in [6, 6.07) is 4.04. The van der Waals surface area contributed by atoms with Gasteiger partial charge in [0.1, 0.15) is 0 Å². The van der Waals surface area contributed by atoms with Crippen molar-refractivity contribution in [3.8, 4) is 0 Å². The van der Waals surface area contributed by atoms with Crippen molar-refractivity contribution < 1.29 is 13.5 Å². The Balaban J connectivity index is 2.32. The molecule has 0 aromatic heterocycles. The van der Waals surface area contributed by atoms with E-state index >= 15 is 0 Å². The van der Waals surface area contributed by atoms with Crippen LogP contribution < -0.4 is 5.32 Å². The van der Waals surface area contributed by atoms with Crippen LogP contribution in [-0.2, 0) is 11.2 Å². The second-order valence-electron chi connectivity index (χ2n) is 4.51. The minimum Gasteiger partial charge on any atom is -0.383 e. The first-order chi connectivity index (χ1) is 9.13. The summed E-state index contributed by atoms with van der Waals surface area (Å²) < 4.78 is 30.7. The summed E-state index contributed by atoms with van der Waals surface area (Å²) >= 11 is 0. The zero-order valence-electron chi connectivity index (χ0n) is 11.5. The summed E-state index contributed by atoms with van der Waals surface area (Å²) in [6.45, 7) is 4.43. The van der Waals surface area contributed by atoms with Crippen LogP contribution in [0.5, 0.6) is 0 Å². The maximum Gasteiger partial charge on any atom is 0.159 e. The smallest absolute Gasteiger partial charge is 0.159 e.